The number of carbonyl (C=O) groups excluding carboxylic acids is 2. The molecule has 1 atom stereocenters. The van der Waals surface area contributed by atoms with E-state index in [1.807, 2.05) is 0 Å². The highest BCUT2D eigenvalue weighted by atomic mass is 35.5. The van der Waals surface area contributed by atoms with Crippen LogP contribution < -0.4 is 9.47 Å². The van der Waals surface area contributed by atoms with Crippen molar-refractivity contribution in [3.8, 4) is 11.5 Å². The number of ketones is 1. The normalized spacial score (nSPS) is 18.7. The van der Waals surface area contributed by atoms with Gasteiger partial charge in [0.25, 0.3) is 11.7 Å². The summed E-state index contributed by atoms with van der Waals surface area (Å²) in [6.45, 7) is 0. The molecular weight excluding hydrogens is 370 g/mol. The predicted molar refractivity (Wildman–Crippen MR) is 101 cm³/mol. The fourth-order valence-electron chi connectivity index (χ4n) is 3.12. The Morgan fingerprint density at radius 1 is 1.07 bits per heavy atom. The Hall–Kier alpha value is -2.99. The van der Waals surface area contributed by atoms with E-state index in [9.17, 15) is 14.7 Å². The highest BCUT2D eigenvalue weighted by molar-refractivity contribution is 6.46. The van der Waals surface area contributed by atoms with E-state index in [4.69, 9.17) is 21.1 Å². The molecule has 0 bridgehead atoms. The SMILES string of the molecule is COc1ccc(C2/C(=C(/O)c3ccc(Cl)cc3)C(=O)C(=O)N2C)c(OC)c1. The van der Waals surface area contributed by atoms with Crippen LogP contribution in [0.1, 0.15) is 17.2 Å². The lowest BCUT2D eigenvalue weighted by atomic mass is 9.94. The van der Waals surface area contributed by atoms with Gasteiger partial charge in [0.2, 0.25) is 0 Å². The van der Waals surface area contributed by atoms with E-state index >= 15 is 0 Å². The first-order chi connectivity index (χ1) is 12.9. The van der Waals surface area contributed by atoms with Gasteiger partial charge >= 0.3 is 0 Å². The second-order valence-corrected chi connectivity index (χ2v) is 6.46. The van der Waals surface area contributed by atoms with Gasteiger partial charge in [0, 0.05) is 29.3 Å². The van der Waals surface area contributed by atoms with Crippen LogP contribution in [0.3, 0.4) is 0 Å². The predicted octanol–water partition coefficient (Wildman–Crippen LogP) is 3.41. The monoisotopic (exact) mass is 387 g/mol. The van der Waals surface area contributed by atoms with E-state index in [1.165, 1.54) is 26.2 Å². The molecule has 0 saturated carbocycles. The third-order valence-corrected chi connectivity index (χ3v) is 4.78. The number of benzene rings is 2. The first-order valence-corrected chi connectivity index (χ1v) is 8.49. The maximum atomic E-state index is 12.6. The molecule has 2 aromatic carbocycles. The Bertz CT molecular complexity index is 936. The molecule has 1 aliphatic rings. The number of amides is 1. The molecular formula is C20H18ClNO5. The van der Waals surface area contributed by atoms with Crippen LogP contribution in [0.4, 0.5) is 0 Å². The van der Waals surface area contributed by atoms with Gasteiger partial charge in [0.05, 0.1) is 25.8 Å². The zero-order valence-corrected chi connectivity index (χ0v) is 15.8. The van der Waals surface area contributed by atoms with Crippen LogP contribution in [-0.4, -0.2) is 43.0 Å². The molecule has 27 heavy (non-hydrogen) atoms. The van der Waals surface area contributed by atoms with Crippen molar-refractivity contribution in [3.63, 3.8) is 0 Å². The van der Waals surface area contributed by atoms with E-state index in [1.54, 1.807) is 42.5 Å². The largest absolute Gasteiger partial charge is 0.507 e. The number of methoxy groups -OCH3 is 2. The summed E-state index contributed by atoms with van der Waals surface area (Å²) in [4.78, 5) is 26.2. The molecule has 0 aromatic heterocycles. The summed E-state index contributed by atoms with van der Waals surface area (Å²) >= 11 is 5.89. The van der Waals surface area contributed by atoms with Gasteiger partial charge in [-0.1, -0.05) is 11.6 Å². The molecule has 1 fully saturated rings. The molecule has 0 radical (unpaired) electrons. The maximum absolute atomic E-state index is 12.6. The zero-order chi connectivity index (χ0) is 19.7. The second kappa shape index (κ2) is 7.32. The third-order valence-electron chi connectivity index (χ3n) is 4.53. The van der Waals surface area contributed by atoms with E-state index in [0.717, 1.165) is 0 Å². The van der Waals surface area contributed by atoms with Gasteiger partial charge < -0.3 is 19.5 Å². The number of nitrogens with zero attached hydrogens (tertiary/aromatic N) is 1. The smallest absolute Gasteiger partial charge is 0.295 e. The van der Waals surface area contributed by atoms with Crippen molar-refractivity contribution in [1.82, 2.24) is 4.90 Å². The molecule has 1 aliphatic heterocycles. The summed E-state index contributed by atoms with van der Waals surface area (Å²) in [5.74, 6) is -0.713. The molecule has 1 N–H and O–H groups in total. The molecule has 1 saturated heterocycles. The minimum atomic E-state index is -0.790. The molecule has 0 aliphatic carbocycles. The van der Waals surface area contributed by atoms with Crippen molar-refractivity contribution >= 4 is 29.1 Å². The number of carbonyl (C=O) groups is 2. The van der Waals surface area contributed by atoms with Gasteiger partial charge in [-0.3, -0.25) is 9.59 Å². The Labute approximate surface area is 161 Å². The van der Waals surface area contributed by atoms with Gasteiger partial charge in [-0.05, 0) is 36.4 Å². The quantitative estimate of drug-likeness (QED) is 0.494. The van der Waals surface area contributed by atoms with Crippen molar-refractivity contribution in [2.45, 2.75) is 6.04 Å². The highest BCUT2D eigenvalue weighted by Gasteiger charge is 2.45. The summed E-state index contributed by atoms with van der Waals surface area (Å²) in [6.07, 6.45) is 0. The molecule has 3 rings (SSSR count). The topological polar surface area (TPSA) is 76.1 Å². The Balaban J connectivity index is 2.20. The minimum absolute atomic E-state index is 0.00621. The highest BCUT2D eigenvalue weighted by Crippen LogP contribution is 2.42. The standard InChI is InChI=1S/C20H18ClNO5/c1-22-17(14-9-8-13(26-2)10-15(14)27-3)16(19(24)20(22)25)18(23)11-4-6-12(21)7-5-11/h4-10,17,23H,1-3H3/b18-16-. The molecule has 140 valence electrons. The van der Waals surface area contributed by atoms with Crippen molar-refractivity contribution < 1.29 is 24.2 Å². The molecule has 7 heteroatoms. The third kappa shape index (κ3) is 3.24. The fraction of sp³-hybridized carbons (Fsp3) is 0.200. The zero-order valence-electron chi connectivity index (χ0n) is 15.0. The average molecular weight is 388 g/mol. The van der Waals surface area contributed by atoms with Crippen LogP contribution in [-0.2, 0) is 9.59 Å². The average Bonchev–Trinajstić information content (AvgIpc) is 2.91. The van der Waals surface area contributed by atoms with Crippen LogP contribution in [0, 0.1) is 0 Å². The Morgan fingerprint density at radius 3 is 2.33 bits per heavy atom. The molecule has 1 heterocycles. The number of halogens is 1. The number of rotatable bonds is 4. The van der Waals surface area contributed by atoms with Gasteiger partial charge in [0.15, 0.2) is 0 Å². The summed E-state index contributed by atoms with van der Waals surface area (Å²) in [7, 11) is 4.52. The van der Waals surface area contributed by atoms with Crippen LogP contribution >= 0.6 is 11.6 Å². The van der Waals surface area contributed by atoms with Crippen molar-refractivity contribution in [2.24, 2.45) is 0 Å². The lowest BCUT2D eigenvalue weighted by molar-refractivity contribution is -0.139. The van der Waals surface area contributed by atoms with Crippen molar-refractivity contribution in [3.05, 3.63) is 64.2 Å². The molecule has 6 nitrogen and oxygen atoms in total. The van der Waals surface area contributed by atoms with Crippen LogP contribution in [0.5, 0.6) is 11.5 Å². The number of ether oxygens (including phenoxy) is 2. The number of hydrogen-bond acceptors (Lipinski definition) is 5. The van der Waals surface area contributed by atoms with Crippen molar-refractivity contribution in [2.75, 3.05) is 21.3 Å². The first-order valence-electron chi connectivity index (χ1n) is 8.11. The van der Waals surface area contributed by atoms with Crippen LogP contribution in [0.25, 0.3) is 5.76 Å². The summed E-state index contributed by atoms with van der Waals surface area (Å²) in [5, 5.41) is 11.3. The van der Waals surface area contributed by atoms with Gasteiger partial charge in [-0.15, -0.1) is 0 Å². The molecule has 1 amide bonds. The van der Waals surface area contributed by atoms with Gasteiger partial charge in [-0.2, -0.15) is 0 Å². The minimum Gasteiger partial charge on any atom is -0.507 e. The van der Waals surface area contributed by atoms with E-state index in [0.29, 0.717) is 27.6 Å². The van der Waals surface area contributed by atoms with Crippen molar-refractivity contribution in [1.29, 1.82) is 0 Å². The molecule has 2 aromatic rings. The molecule has 0 spiro atoms. The lowest BCUT2D eigenvalue weighted by Gasteiger charge is -2.23. The number of likely N-dealkylation sites (N-methyl/N-ethyl adjacent to an activating group) is 1. The fourth-order valence-corrected chi connectivity index (χ4v) is 3.25. The number of likely N-dealkylation sites (tertiary alicyclic amines) is 1. The van der Waals surface area contributed by atoms with Crippen LogP contribution in [0.2, 0.25) is 5.02 Å². The lowest BCUT2D eigenvalue weighted by Crippen LogP contribution is -2.25. The molecule has 1 unspecified atom stereocenters. The Morgan fingerprint density at radius 2 is 1.74 bits per heavy atom. The maximum Gasteiger partial charge on any atom is 0.295 e. The summed E-state index contributed by atoms with van der Waals surface area (Å²) in [5.41, 5.74) is 0.951. The summed E-state index contributed by atoms with van der Waals surface area (Å²) in [6, 6.07) is 10.7. The summed E-state index contributed by atoms with van der Waals surface area (Å²) < 4.78 is 10.6. The van der Waals surface area contributed by atoms with E-state index in [-0.39, 0.29) is 11.3 Å². The second-order valence-electron chi connectivity index (χ2n) is 6.02. The van der Waals surface area contributed by atoms with Crippen LogP contribution in [0.15, 0.2) is 48.0 Å². The van der Waals surface area contributed by atoms with E-state index in [2.05, 4.69) is 0 Å². The number of hydrogen-bond donors (Lipinski definition) is 1. The van der Waals surface area contributed by atoms with E-state index < -0.39 is 17.7 Å². The Kier molecular flexibility index (Phi) is 5.10. The number of Topliss-reactive ketones (excluding diaryl/α,β-unsaturated/α-hetero) is 1. The van der Waals surface area contributed by atoms with Gasteiger partial charge in [-0.25, -0.2) is 0 Å². The number of aliphatic hydroxyl groups is 1. The van der Waals surface area contributed by atoms with Gasteiger partial charge in [0.1, 0.15) is 17.3 Å². The number of aliphatic hydroxyl groups excluding tert-OH is 1. The first kappa shape index (κ1) is 18.8.